The lowest BCUT2D eigenvalue weighted by Gasteiger charge is -2.23. The summed E-state index contributed by atoms with van der Waals surface area (Å²) in [7, 11) is 1.91. The van der Waals surface area contributed by atoms with Gasteiger partial charge in [0.15, 0.2) is 0 Å². The summed E-state index contributed by atoms with van der Waals surface area (Å²) in [5.41, 5.74) is -2.37. The Morgan fingerprint density at radius 3 is 2.22 bits per heavy atom. The predicted molar refractivity (Wildman–Crippen MR) is 73.8 cm³/mol. The van der Waals surface area contributed by atoms with Gasteiger partial charge in [-0.25, -0.2) is 0 Å². The average molecular weight is 340 g/mol. The molecule has 0 N–H and O–H groups in total. The van der Waals surface area contributed by atoms with Gasteiger partial charge in [0.25, 0.3) is 0 Å². The first kappa shape index (κ1) is 18.1. The van der Waals surface area contributed by atoms with Gasteiger partial charge in [-0.2, -0.15) is 26.3 Å². The smallest absolute Gasteiger partial charge is 0.305 e. The van der Waals surface area contributed by atoms with Gasteiger partial charge in [0.05, 0.1) is 11.1 Å². The SMILES string of the molecule is CN1CCCN(Cc2cc(C(F)(F)F)ccc2C(F)(F)F)CC1. The molecule has 1 aliphatic heterocycles. The minimum Gasteiger partial charge on any atom is -0.305 e. The van der Waals surface area contributed by atoms with Gasteiger partial charge in [-0.15, -0.1) is 0 Å². The van der Waals surface area contributed by atoms with Gasteiger partial charge in [0, 0.05) is 19.6 Å². The summed E-state index contributed by atoms with van der Waals surface area (Å²) < 4.78 is 77.6. The van der Waals surface area contributed by atoms with Crippen LogP contribution < -0.4 is 0 Å². The Morgan fingerprint density at radius 1 is 0.913 bits per heavy atom. The lowest BCUT2D eigenvalue weighted by molar-refractivity contribution is -0.142. The van der Waals surface area contributed by atoms with Crippen LogP contribution in [0.2, 0.25) is 0 Å². The normalized spacial score (nSPS) is 18.9. The van der Waals surface area contributed by atoms with E-state index in [0.29, 0.717) is 37.8 Å². The Hall–Kier alpha value is -1.28. The van der Waals surface area contributed by atoms with Crippen LogP contribution in [0.3, 0.4) is 0 Å². The molecule has 2 rings (SSSR count). The standard InChI is InChI=1S/C15H18F6N2/c1-22-5-2-6-23(8-7-22)10-11-9-12(14(16,17)18)3-4-13(11)15(19,20)21/h3-4,9H,2,5-8,10H2,1H3. The molecule has 0 spiro atoms. The molecular weight excluding hydrogens is 322 g/mol. The van der Waals surface area contributed by atoms with Gasteiger partial charge in [0.2, 0.25) is 0 Å². The highest BCUT2D eigenvalue weighted by atomic mass is 19.4. The minimum absolute atomic E-state index is 0.132. The first-order chi connectivity index (χ1) is 10.6. The van der Waals surface area contributed by atoms with Crippen LogP contribution in [-0.4, -0.2) is 43.0 Å². The van der Waals surface area contributed by atoms with E-state index < -0.39 is 23.5 Å². The summed E-state index contributed by atoms with van der Waals surface area (Å²) >= 11 is 0. The Bertz CT molecular complexity index is 538. The summed E-state index contributed by atoms with van der Waals surface area (Å²) in [5, 5.41) is 0. The van der Waals surface area contributed by atoms with Crippen LogP contribution >= 0.6 is 0 Å². The topological polar surface area (TPSA) is 6.48 Å². The summed E-state index contributed by atoms with van der Waals surface area (Å²) in [5.74, 6) is 0. The zero-order chi connectivity index (χ0) is 17.3. The maximum absolute atomic E-state index is 13.1. The van der Waals surface area contributed by atoms with Crippen molar-refractivity contribution in [1.82, 2.24) is 9.80 Å². The predicted octanol–water partition coefficient (Wildman–Crippen LogP) is 3.86. The second-order valence-corrected chi connectivity index (χ2v) is 5.80. The van der Waals surface area contributed by atoms with Gasteiger partial charge in [-0.1, -0.05) is 0 Å². The van der Waals surface area contributed by atoms with Crippen LogP contribution in [0, 0.1) is 0 Å². The molecule has 0 aliphatic carbocycles. The molecule has 0 radical (unpaired) electrons. The van der Waals surface area contributed by atoms with E-state index >= 15 is 0 Å². The van der Waals surface area contributed by atoms with Gasteiger partial charge < -0.3 is 4.90 Å². The maximum atomic E-state index is 13.1. The van der Waals surface area contributed by atoms with Gasteiger partial charge in [-0.05, 0) is 50.3 Å². The highest BCUT2D eigenvalue weighted by Crippen LogP contribution is 2.37. The van der Waals surface area contributed by atoms with Gasteiger partial charge >= 0.3 is 12.4 Å². The molecular formula is C15H18F6N2. The van der Waals surface area contributed by atoms with E-state index in [2.05, 4.69) is 4.90 Å². The molecule has 1 saturated heterocycles. The van der Waals surface area contributed by atoms with E-state index in [0.717, 1.165) is 13.0 Å². The number of rotatable bonds is 2. The molecule has 1 aromatic carbocycles. The van der Waals surface area contributed by atoms with Crippen molar-refractivity contribution < 1.29 is 26.3 Å². The van der Waals surface area contributed by atoms with Crippen molar-refractivity contribution in [3.8, 4) is 0 Å². The van der Waals surface area contributed by atoms with Crippen molar-refractivity contribution in [2.24, 2.45) is 0 Å². The molecule has 2 nitrogen and oxygen atoms in total. The molecule has 0 bridgehead atoms. The van der Waals surface area contributed by atoms with E-state index in [1.165, 1.54) is 0 Å². The summed E-state index contributed by atoms with van der Waals surface area (Å²) in [6.45, 7) is 2.47. The van der Waals surface area contributed by atoms with Crippen LogP contribution in [0.15, 0.2) is 18.2 Å². The van der Waals surface area contributed by atoms with Gasteiger partial charge in [-0.3, -0.25) is 4.90 Å². The number of hydrogen-bond acceptors (Lipinski definition) is 2. The second-order valence-electron chi connectivity index (χ2n) is 5.80. The third-order valence-corrected chi connectivity index (χ3v) is 3.94. The van der Waals surface area contributed by atoms with E-state index in [4.69, 9.17) is 0 Å². The van der Waals surface area contributed by atoms with Crippen molar-refractivity contribution in [2.45, 2.75) is 25.3 Å². The van der Waals surface area contributed by atoms with Crippen molar-refractivity contribution in [2.75, 3.05) is 33.2 Å². The first-order valence-electron chi connectivity index (χ1n) is 7.25. The van der Waals surface area contributed by atoms with Crippen molar-refractivity contribution in [3.63, 3.8) is 0 Å². The lowest BCUT2D eigenvalue weighted by atomic mass is 10.0. The number of benzene rings is 1. The lowest BCUT2D eigenvalue weighted by Crippen LogP contribution is -2.29. The molecule has 0 amide bonds. The van der Waals surface area contributed by atoms with Crippen molar-refractivity contribution in [3.05, 3.63) is 34.9 Å². The summed E-state index contributed by atoms with van der Waals surface area (Å²) in [6, 6.07) is 1.64. The fourth-order valence-electron chi connectivity index (χ4n) is 2.68. The Morgan fingerprint density at radius 2 is 1.61 bits per heavy atom. The molecule has 23 heavy (non-hydrogen) atoms. The molecule has 1 heterocycles. The molecule has 0 aromatic heterocycles. The van der Waals surface area contributed by atoms with Crippen LogP contribution in [0.1, 0.15) is 23.1 Å². The Kier molecular flexibility index (Phi) is 5.25. The van der Waals surface area contributed by atoms with Crippen molar-refractivity contribution in [1.29, 1.82) is 0 Å². The second kappa shape index (κ2) is 6.68. The molecule has 1 aromatic rings. The highest BCUT2D eigenvalue weighted by molar-refractivity contribution is 5.35. The number of likely N-dealkylation sites (N-methyl/N-ethyl adjacent to an activating group) is 1. The van der Waals surface area contributed by atoms with E-state index in [9.17, 15) is 26.3 Å². The van der Waals surface area contributed by atoms with E-state index in [1.807, 2.05) is 7.05 Å². The number of halogens is 6. The number of nitrogens with zero attached hydrogens (tertiary/aromatic N) is 2. The van der Waals surface area contributed by atoms with Crippen LogP contribution in [0.4, 0.5) is 26.3 Å². The number of alkyl halides is 6. The van der Waals surface area contributed by atoms with Gasteiger partial charge in [0.1, 0.15) is 0 Å². The Labute approximate surface area is 130 Å². The zero-order valence-corrected chi connectivity index (χ0v) is 12.6. The Balaban J connectivity index is 2.30. The first-order valence-corrected chi connectivity index (χ1v) is 7.25. The average Bonchev–Trinajstić information content (AvgIpc) is 2.61. The molecule has 0 unspecified atom stereocenters. The van der Waals surface area contributed by atoms with E-state index in [1.54, 1.807) is 4.90 Å². The monoisotopic (exact) mass is 340 g/mol. The van der Waals surface area contributed by atoms with E-state index in [-0.39, 0.29) is 12.1 Å². The van der Waals surface area contributed by atoms with Crippen LogP contribution in [0.25, 0.3) is 0 Å². The third-order valence-electron chi connectivity index (χ3n) is 3.94. The fraction of sp³-hybridized carbons (Fsp3) is 0.600. The molecule has 0 atom stereocenters. The molecule has 130 valence electrons. The molecule has 1 fully saturated rings. The molecule has 1 aliphatic rings. The number of hydrogen-bond donors (Lipinski definition) is 0. The molecule has 0 saturated carbocycles. The largest absolute Gasteiger partial charge is 0.416 e. The molecule has 8 heteroatoms. The maximum Gasteiger partial charge on any atom is 0.416 e. The summed E-state index contributed by atoms with van der Waals surface area (Å²) in [6.07, 6.45) is -8.54. The fourth-order valence-corrected chi connectivity index (χ4v) is 2.68. The highest BCUT2D eigenvalue weighted by Gasteiger charge is 2.37. The van der Waals surface area contributed by atoms with Crippen LogP contribution in [0.5, 0.6) is 0 Å². The third kappa shape index (κ3) is 4.84. The quantitative estimate of drug-likeness (QED) is 0.755. The van der Waals surface area contributed by atoms with Crippen LogP contribution in [-0.2, 0) is 18.9 Å². The summed E-state index contributed by atoms with van der Waals surface area (Å²) in [4.78, 5) is 3.82. The van der Waals surface area contributed by atoms with Crippen molar-refractivity contribution >= 4 is 0 Å². The minimum atomic E-state index is -4.66. The zero-order valence-electron chi connectivity index (χ0n) is 12.6.